The van der Waals surface area contributed by atoms with E-state index in [1.54, 1.807) is 12.1 Å². The third-order valence-corrected chi connectivity index (χ3v) is 4.06. The summed E-state index contributed by atoms with van der Waals surface area (Å²) < 4.78 is 13.0. The van der Waals surface area contributed by atoms with Gasteiger partial charge in [0, 0.05) is 5.56 Å². The van der Waals surface area contributed by atoms with Gasteiger partial charge in [0.15, 0.2) is 0 Å². The number of aromatic nitrogens is 4. The second-order valence-electron chi connectivity index (χ2n) is 6.09. The summed E-state index contributed by atoms with van der Waals surface area (Å²) >= 11 is 0. The summed E-state index contributed by atoms with van der Waals surface area (Å²) in [5.41, 5.74) is 2.88. The van der Waals surface area contributed by atoms with Gasteiger partial charge in [-0.15, -0.1) is 10.2 Å². The number of hydrogen-bond acceptors (Lipinski definition) is 4. The van der Waals surface area contributed by atoms with E-state index in [9.17, 15) is 9.18 Å². The van der Waals surface area contributed by atoms with Crippen LogP contribution in [0.3, 0.4) is 0 Å². The van der Waals surface area contributed by atoms with Crippen molar-refractivity contribution in [3.8, 4) is 11.4 Å². The van der Waals surface area contributed by atoms with E-state index >= 15 is 0 Å². The molecule has 0 spiro atoms. The first kappa shape index (κ1) is 17.7. The normalized spacial score (nSPS) is 12.0. The minimum absolute atomic E-state index is 0.0312. The number of nitrogens with zero attached hydrogens (tertiary/aromatic N) is 4. The predicted molar refractivity (Wildman–Crippen MR) is 95.6 cm³/mol. The summed E-state index contributed by atoms with van der Waals surface area (Å²) in [6.45, 7) is 4.01. The van der Waals surface area contributed by atoms with Gasteiger partial charge in [-0.1, -0.05) is 36.8 Å². The van der Waals surface area contributed by atoms with E-state index in [1.807, 2.05) is 38.1 Å². The molecule has 1 N–H and O–H groups in total. The Morgan fingerprint density at radius 2 is 1.85 bits per heavy atom. The largest absolute Gasteiger partial charge is 0.348 e. The number of amides is 1. The maximum absolute atomic E-state index is 13.0. The van der Waals surface area contributed by atoms with Crippen LogP contribution in [0.25, 0.3) is 11.4 Å². The first-order valence-corrected chi connectivity index (χ1v) is 8.45. The number of halogens is 1. The number of tetrazole rings is 1. The van der Waals surface area contributed by atoms with E-state index in [-0.39, 0.29) is 24.3 Å². The summed E-state index contributed by atoms with van der Waals surface area (Å²) in [6.07, 6.45) is 0.778. The van der Waals surface area contributed by atoms with E-state index < -0.39 is 0 Å². The van der Waals surface area contributed by atoms with Gasteiger partial charge in [0.25, 0.3) is 0 Å². The van der Waals surface area contributed by atoms with Crippen LogP contribution in [0, 0.1) is 12.7 Å². The van der Waals surface area contributed by atoms with E-state index in [2.05, 4.69) is 20.7 Å². The molecule has 2 aromatic carbocycles. The average Bonchev–Trinajstić information content (AvgIpc) is 3.09. The van der Waals surface area contributed by atoms with Gasteiger partial charge in [0.2, 0.25) is 11.7 Å². The van der Waals surface area contributed by atoms with Crippen LogP contribution in [-0.2, 0) is 11.3 Å². The summed E-state index contributed by atoms with van der Waals surface area (Å²) in [4.78, 5) is 13.6. The molecule has 0 unspecified atom stereocenters. The highest BCUT2D eigenvalue weighted by molar-refractivity contribution is 5.76. The van der Waals surface area contributed by atoms with Gasteiger partial charge >= 0.3 is 0 Å². The molecule has 7 heteroatoms. The van der Waals surface area contributed by atoms with Crippen LogP contribution < -0.4 is 5.32 Å². The minimum Gasteiger partial charge on any atom is -0.348 e. The van der Waals surface area contributed by atoms with Gasteiger partial charge in [0.1, 0.15) is 12.4 Å². The highest BCUT2D eigenvalue weighted by atomic mass is 19.1. The smallest absolute Gasteiger partial charge is 0.244 e. The Morgan fingerprint density at radius 1 is 1.15 bits per heavy atom. The number of rotatable bonds is 6. The van der Waals surface area contributed by atoms with Crippen LogP contribution in [0.15, 0.2) is 48.5 Å². The van der Waals surface area contributed by atoms with Gasteiger partial charge in [-0.05, 0) is 48.4 Å². The molecule has 3 rings (SSSR count). The van der Waals surface area contributed by atoms with Crippen molar-refractivity contribution in [1.29, 1.82) is 0 Å². The topological polar surface area (TPSA) is 72.7 Å². The second-order valence-corrected chi connectivity index (χ2v) is 6.09. The van der Waals surface area contributed by atoms with Gasteiger partial charge in [0.05, 0.1) is 6.04 Å². The van der Waals surface area contributed by atoms with Crippen molar-refractivity contribution in [2.24, 2.45) is 0 Å². The second kappa shape index (κ2) is 7.86. The van der Waals surface area contributed by atoms with E-state index in [0.717, 1.165) is 12.0 Å². The summed E-state index contributed by atoms with van der Waals surface area (Å²) in [6, 6.07) is 13.8. The van der Waals surface area contributed by atoms with Crippen molar-refractivity contribution in [2.75, 3.05) is 0 Å². The molecule has 0 saturated carbocycles. The zero-order chi connectivity index (χ0) is 18.5. The molecule has 0 bridgehead atoms. The fourth-order valence-electron chi connectivity index (χ4n) is 2.61. The quantitative estimate of drug-likeness (QED) is 0.739. The summed E-state index contributed by atoms with van der Waals surface area (Å²) in [5, 5.41) is 15.0. The summed E-state index contributed by atoms with van der Waals surface area (Å²) in [5.74, 6) is -0.175. The standard InChI is InChI=1S/C19H20FN5O/c1-3-17(14-6-4-13(2)5-7-14)21-18(26)12-25-23-19(22-24-25)15-8-10-16(20)11-9-15/h4-11,17H,3,12H2,1-2H3,(H,21,26)/t17-/m1/s1. The van der Waals surface area contributed by atoms with Crippen molar-refractivity contribution in [3.05, 3.63) is 65.5 Å². The Labute approximate surface area is 151 Å². The molecular weight excluding hydrogens is 333 g/mol. The van der Waals surface area contributed by atoms with E-state index in [4.69, 9.17) is 0 Å². The molecule has 1 amide bonds. The lowest BCUT2D eigenvalue weighted by Gasteiger charge is -2.17. The van der Waals surface area contributed by atoms with Gasteiger partial charge in [-0.3, -0.25) is 4.79 Å². The molecule has 1 atom stereocenters. The van der Waals surface area contributed by atoms with E-state index in [1.165, 1.54) is 22.5 Å². The molecular formula is C19H20FN5O. The Bertz CT molecular complexity index is 874. The molecule has 0 aliphatic carbocycles. The van der Waals surface area contributed by atoms with Crippen molar-refractivity contribution in [3.63, 3.8) is 0 Å². The van der Waals surface area contributed by atoms with Crippen LogP contribution in [0.5, 0.6) is 0 Å². The first-order valence-electron chi connectivity index (χ1n) is 8.45. The number of carbonyl (C=O) groups is 1. The van der Waals surface area contributed by atoms with Crippen molar-refractivity contribution < 1.29 is 9.18 Å². The molecule has 1 heterocycles. The lowest BCUT2D eigenvalue weighted by atomic mass is 10.0. The Hall–Kier alpha value is -3.09. The van der Waals surface area contributed by atoms with Crippen LogP contribution in [0.1, 0.15) is 30.5 Å². The molecule has 0 aliphatic heterocycles. The maximum Gasteiger partial charge on any atom is 0.244 e. The lowest BCUT2D eigenvalue weighted by Crippen LogP contribution is -2.32. The van der Waals surface area contributed by atoms with Crippen LogP contribution in [0.2, 0.25) is 0 Å². The number of nitrogens with one attached hydrogen (secondary N) is 1. The SMILES string of the molecule is CC[C@@H](NC(=O)Cn1nnc(-c2ccc(F)cc2)n1)c1ccc(C)cc1. The van der Waals surface area contributed by atoms with Crippen molar-refractivity contribution in [1.82, 2.24) is 25.5 Å². The number of hydrogen-bond donors (Lipinski definition) is 1. The summed E-state index contributed by atoms with van der Waals surface area (Å²) in [7, 11) is 0. The van der Waals surface area contributed by atoms with Crippen LogP contribution in [0.4, 0.5) is 4.39 Å². The van der Waals surface area contributed by atoms with Crippen LogP contribution >= 0.6 is 0 Å². The van der Waals surface area contributed by atoms with Crippen molar-refractivity contribution in [2.45, 2.75) is 32.9 Å². The third-order valence-electron chi connectivity index (χ3n) is 4.06. The van der Waals surface area contributed by atoms with Crippen molar-refractivity contribution >= 4 is 5.91 Å². The molecule has 6 nitrogen and oxygen atoms in total. The Balaban J connectivity index is 1.64. The Kier molecular flexibility index (Phi) is 5.36. The lowest BCUT2D eigenvalue weighted by molar-refractivity contribution is -0.122. The predicted octanol–water partition coefficient (Wildman–Crippen LogP) is 3.06. The first-order chi connectivity index (χ1) is 12.5. The van der Waals surface area contributed by atoms with Gasteiger partial charge in [-0.25, -0.2) is 4.39 Å². The molecule has 3 aromatic rings. The molecule has 0 fully saturated rings. The highest BCUT2D eigenvalue weighted by Crippen LogP contribution is 2.17. The third kappa shape index (κ3) is 4.30. The monoisotopic (exact) mass is 353 g/mol. The molecule has 0 radical (unpaired) electrons. The zero-order valence-corrected chi connectivity index (χ0v) is 14.7. The molecule has 26 heavy (non-hydrogen) atoms. The number of aryl methyl sites for hydroxylation is 1. The fourth-order valence-corrected chi connectivity index (χ4v) is 2.61. The average molecular weight is 353 g/mol. The van der Waals surface area contributed by atoms with Gasteiger partial charge in [-0.2, -0.15) is 4.80 Å². The maximum atomic E-state index is 13.0. The molecule has 0 aliphatic rings. The minimum atomic E-state index is -0.331. The van der Waals surface area contributed by atoms with E-state index in [0.29, 0.717) is 11.4 Å². The zero-order valence-electron chi connectivity index (χ0n) is 14.7. The van der Waals surface area contributed by atoms with Gasteiger partial charge < -0.3 is 5.32 Å². The Morgan fingerprint density at radius 3 is 2.50 bits per heavy atom. The molecule has 0 saturated heterocycles. The molecule has 134 valence electrons. The number of carbonyl (C=O) groups excluding carboxylic acids is 1. The fraction of sp³-hybridized carbons (Fsp3) is 0.263. The molecule has 1 aromatic heterocycles. The number of benzene rings is 2. The van der Waals surface area contributed by atoms with Crippen LogP contribution in [-0.4, -0.2) is 26.1 Å². The highest BCUT2D eigenvalue weighted by Gasteiger charge is 2.14.